The van der Waals surface area contributed by atoms with Crippen molar-refractivity contribution in [3.63, 3.8) is 0 Å². The summed E-state index contributed by atoms with van der Waals surface area (Å²) in [6, 6.07) is 0. The van der Waals surface area contributed by atoms with Gasteiger partial charge < -0.3 is 30.6 Å². The van der Waals surface area contributed by atoms with Crippen LogP contribution < -0.4 is 0 Å². The molecule has 46 heavy (non-hydrogen) atoms. The van der Waals surface area contributed by atoms with Crippen molar-refractivity contribution < 1.29 is 40.2 Å². The molecule has 2 aromatic carbocycles. The van der Waals surface area contributed by atoms with Crippen molar-refractivity contribution in [3.8, 4) is 34.5 Å². The van der Waals surface area contributed by atoms with Gasteiger partial charge in [-0.2, -0.15) is 0 Å². The van der Waals surface area contributed by atoms with Crippen molar-refractivity contribution in [3.05, 3.63) is 56.7 Å². The Bertz CT molecular complexity index is 1390. The number of aromatic hydroxyl groups is 6. The molecule has 2 rings (SSSR count). The summed E-state index contributed by atoms with van der Waals surface area (Å²) in [4.78, 5) is 26.9. The van der Waals surface area contributed by atoms with Crippen LogP contribution in [0.5, 0.6) is 34.5 Å². The molecule has 0 aliphatic heterocycles. The Morgan fingerprint density at radius 1 is 0.543 bits per heavy atom. The second-order valence-electron chi connectivity index (χ2n) is 13.9. The minimum absolute atomic E-state index is 0.0196. The van der Waals surface area contributed by atoms with E-state index in [9.17, 15) is 40.2 Å². The summed E-state index contributed by atoms with van der Waals surface area (Å²) < 4.78 is 0. The largest absolute Gasteiger partial charge is 0.507 e. The van der Waals surface area contributed by atoms with Gasteiger partial charge in [-0.1, -0.05) is 84.1 Å². The van der Waals surface area contributed by atoms with E-state index in [-0.39, 0.29) is 52.6 Å². The third kappa shape index (κ3) is 8.45. The second-order valence-corrected chi connectivity index (χ2v) is 13.9. The molecule has 0 aromatic heterocycles. The number of benzene rings is 2. The van der Waals surface area contributed by atoms with Gasteiger partial charge in [-0.05, 0) is 52.9 Å². The molecule has 0 aliphatic rings. The van der Waals surface area contributed by atoms with Crippen LogP contribution in [-0.4, -0.2) is 42.2 Å². The van der Waals surface area contributed by atoms with E-state index < -0.39 is 63.8 Å². The predicted molar refractivity (Wildman–Crippen MR) is 183 cm³/mol. The van der Waals surface area contributed by atoms with E-state index in [0.717, 1.165) is 24.0 Å². The molecular formula is C38H54O8. The fourth-order valence-electron chi connectivity index (χ4n) is 5.61. The summed E-state index contributed by atoms with van der Waals surface area (Å²) in [6.45, 7) is 18.1. The summed E-state index contributed by atoms with van der Waals surface area (Å²) in [6.07, 6.45) is 5.98. The molecule has 0 aliphatic carbocycles. The third-order valence-corrected chi connectivity index (χ3v) is 8.30. The summed E-state index contributed by atoms with van der Waals surface area (Å²) in [7, 11) is 0. The Morgan fingerprint density at radius 3 is 1.20 bits per heavy atom. The van der Waals surface area contributed by atoms with Gasteiger partial charge >= 0.3 is 0 Å². The first-order valence-electron chi connectivity index (χ1n) is 16.3. The average Bonchev–Trinajstić information content (AvgIpc) is 2.93. The second kappa shape index (κ2) is 16.1. The number of ketones is 2. The maximum Gasteiger partial charge on any atom is 0.172 e. The maximum absolute atomic E-state index is 13.4. The molecule has 0 unspecified atom stereocenters. The number of phenolic OH excluding ortho intramolecular Hbond substituents is 6. The molecule has 0 heterocycles. The van der Waals surface area contributed by atoms with Crippen LogP contribution in [-0.2, 0) is 12.8 Å². The molecule has 254 valence electrons. The fourth-order valence-corrected chi connectivity index (χ4v) is 5.61. The predicted octanol–water partition coefficient (Wildman–Crippen LogP) is 8.96. The highest BCUT2D eigenvalue weighted by Crippen LogP contribution is 2.55. The van der Waals surface area contributed by atoms with Gasteiger partial charge in [0.15, 0.2) is 11.6 Å². The lowest BCUT2D eigenvalue weighted by atomic mass is 9.78. The highest BCUT2D eigenvalue weighted by Gasteiger charge is 2.37. The van der Waals surface area contributed by atoms with Gasteiger partial charge in [-0.3, -0.25) is 9.59 Å². The third-order valence-electron chi connectivity index (χ3n) is 8.30. The van der Waals surface area contributed by atoms with Crippen molar-refractivity contribution in [2.75, 3.05) is 0 Å². The lowest BCUT2D eigenvalue weighted by Crippen LogP contribution is -2.15. The molecule has 0 atom stereocenters. The minimum Gasteiger partial charge on any atom is -0.507 e. The summed E-state index contributed by atoms with van der Waals surface area (Å²) in [5.74, 6) is -6.38. The Balaban J connectivity index is 3.20. The molecule has 0 radical (unpaired) electrons. The molecule has 8 nitrogen and oxygen atoms in total. The lowest BCUT2D eigenvalue weighted by molar-refractivity contribution is 0.0925. The molecule has 0 amide bonds. The topological polar surface area (TPSA) is 156 Å². The lowest BCUT2D eigenvalue weighted by Gasteiger charge is -2.28. The number of unbranched alkanes of at least 4 members (excludes halogenated alkanes) is 1. The Morgan fingerprint density at radius 2 is 0.891 bits per heavy atom. The van der Waals surface area contributed by atoms with Crippen molar-refractivity contribution >= 4 is 11.6 Å². The SMILES string of the molecule is CC(C)=CCc1c(O)c(C(=O)C(C)C)c(O)c(C(CCCCC(C)C)c2c(O)c(CC=C(C)C)c(O)c(C(=O)C(C)C)c2O)c1O. The summed E-state index contributed by atoms with van der Waals surface area (Å²) in [5, 5.41) is 69.6. The van der Waals surface area contributed by atoms with Crippen LogP contribution in [0.1, 0.15) is 144 Å². The fraction of sp³-hybridized carbons (Fsp3) is 0.526. The highest BCUT2D eigenvalue weighted by atomic mass is 16.3. The summed E-state index contributed by atoms with van der Waals surface area (Å²) >= 11 is 0. The van der Waals surface area contributed by atoms with Crippen LogP contribution in [0.15, 0.2) is 23.3 Å². The normalized spacial score (nSPS) is 11.5. The van der Waals surface area contributed by atoms with Gasteiger partial charge in [0.05, 0.1) is 0 Å². The first-order valence-corrected chi connectivity index (χ1v) is 16.3. The van der Waals surface area contributed by atoms with Crippen molar-refractivity contribution in [1.29, 1.82) is 0 Å². The Hall–Kier alpha value is -3.94. The van der Waals surface area contributed by atoms with E-state index in [0.29, 0.717) is 12.3 Å². The molecule has 2 aromatic rings. The molecular weight excluding hydrogens is 584 g/mol. The number of Topliss-reactive ketones (excluding diaryl/α,β-unsaturated/α-hetero) is 2. The molecule has 0 saturated carbocycles. The highest BCUT2D eigenvalue weighted by molar-refractivity contribution is 6.05. The summed E-state index contributed by atoms with van der Waals surface area (Å²) in [5.41, 5.74) is 0.834. The van der Waals surface area contributed by atoms with Crippen LogP contribution in [0, 0.1) is 17.8 Å². The van der Waals surface area contributed by atoms with Crippen LogP contribution in [0.2, 0.25) is 0 Å². The van der Waals surface area contributed by atoms with E-state index in [1.54, 1.807) is 39.8 Å². The quantitative estimate of drug-likeness (QED) is 0.0641. The Kier molecular flexibility index (Phi) is 13.3. The molecule has 6 N–H and O–H groups in total. The number of rotatable bonds is 15. The van der Waals surface area contributed by atoms with Gasteiger partial charge in [-0.15, -0.1) is 0 Å². The van der Waals surface area contributed by atoms with Gasteiger partial charge in [0.25, 0.3) is 0 Å². The standard InChI is InChI=1S/C38H54O8/c1-19(2)13-11-12-14-24(27-33(41)25(17-15-20(3)4)35(43)29(37(27)45)31(39)22(7)8)28-34(42)26(18-16-21(5)6)36(44)30(38(28)46)32(40)23(9)10/h15-16,19,22-24,41-46H,11-14,17-18H2,1-10H3. The Labute approximate surface area is 274 Å². The van der Waals surface area contributed by atoms with Gasteiger partial charge in [0.2, 0.25) is 0 Å². The number of hydrogen-bond acceptors (Lipinski definition) is 8. The monoisotopic (exact) mass is 638 g/mol. The number of carbonyl (C=O) groups is 2. The maximum atomic E-state index is 13.4. The zero-order valence-electron chi connectivity index (χ0n) is 29.2. The van der Waals surface area contributed by atoms with E-state index in [1.807, 2.05) is 27.7 Å². The molecule has 0 bridgehead atoms. The van der Waals surface area contributed by atoms with Crippen LogP contribution in [0.3, 0.4) is 0 Å². The van der Waals surface area contributed by atoms with Gasteiger partial charge in [0.1, 0.15) is 45.6 Å². The minimum atomic E-state index is -1.12. The van der Waals surface area contributed by atoms with Crippen LogP contribution >= 0.6 is 0 Å². The average molecular weight is 639 g/mol. The smallest absolute Gasteiger partial charge is 0.172 e. The van der Waals surface area contributed by atoms with Crippen LogP contribution in [0.4, 0.5) is 0 Å². The molecule has 0 spiro atoms. The van der Waals surface area contributed by atoms with Gasteiger partial charge in [-0.25, -0.2) is 0 Å². The molecule has 0 saturated heterocycles. The number of carbonyl (C=O) groups excluding carboxylic acids is 2. The zero-order chi connectivity index (χ0) is 35.2. The molecule has 8 heteroatoms. The van der Waals surface area contributed by atoms with E-state index >= 15 is 0 Å². The first kappa shape index (κ1) is 38.2. The number of phenols is 6. The molecule has 0 fully saturated rings. The van der Waals surface area contributed by atoms with Gasteiger partial charge in [0, 0.05) is 40.0 Å². The van der Waals surface area contributed by atoms with E-state index in [2.05, 4.69) is 13.8 Å². The van der Waals surface area contributed by atoms with Crippen LogP contribution in [0.25, 0.3) is 0 Å². The van der Waals surface area contributed by atoms with Crippen molar-refractivity contribution in [2.45, 2.75) is 114 Å². The van der Waals surface area contributed by atoms with Crippen molar-refractivity contribution in [2.24, 2.45) is 17.8 Å². The number of allylic oxidation sites excluding steroid dienone is 4. The first-order chi connectivity index (χ1) is 21.3. The van der Waals surface area contributed by atoms with E-state index in [1.165, 1.54) is 0 Å². The van der Waals surface area contributed by atoms with E-state index in [4.69, 9.17) is 0 Å². The van der Waals surface area contributed by atoms with Crippen molar-refractivity contribution in [1.82, 2.24) is 0 Å². The number of hydrogen-bond donors (Lipinski definition) is 6. The zero-order valence-corrected chi connectivity index (χ0v) is 29.2.